The van der Waals surface area contributed by atoms with E-state index in [0.29, 0.717) is 5.56 Å². The molecule has 1 amide bonds. The second kappa shape index (κ2) is 9.19. The number of hydrogen-bond acceptors (Lipinski definition) is 3. The predicted octanol–water partition coefficient (Wildman–Crippen LogP) is 5.16. The summed E-state index contributed by atoms with van der Waals surface area (Å²) in [5.74, 6) is 0.203. The monoisotopic (exact) mass is 412 g/mol. The maximum Gasteiger partial charge on any atom is 0.258 e. The highest BCUT2D eigenvalue weighted by atomic mass is 16.3. The second-order valence-electron chi connectivity index (χ2n) is 8.06. The number of carbonyl (C=O) groups excluding carboxylic acids is 1. The van der Waals surface area contributed by atoms with Gasteiger partial charge in [-0.05, 0) is 91.5 Å². The Balaban J connectivity index is 1.74. The summed E-state index contributed by atoms with van der Waals surface area (Å²) in [4.78, 5) is 15.0. The van der Waals surface area contributed by atoms with Crippen LogP contribution in [0.1, 0.15) is 39.9 Å². The number of nitrogens with zero attached hydrogens (tertiary/aromatic N) is 1. The summed E-state index contributed by atoms with van der Waals surface area (Å²) >= 11 is 0. The Hall–Kier alpha value is -3.37. The molecule has 0 spiro atoms. The SMILES string of the molecule is Cc1cccc(N(C)C(=O)c2cccc(C(=C3CCNCC3)c3cccc(O)c3)c2)c1. The predicted molar refractivity (Wildman–Crippen MR) is 127 cm³/mol. The van der Waals surface area contributed by atoms with Crippen molar-refractivity contribution in [2.45, 2.75) is 19.8 Å². The minimum Gasteiger partial charge on any atom is -0.508 e. The Labute approximate surface area is 183 Å². The number of rotatable bonds is 4. The van der Waals surface area contributed by atoms with Crippen molar-refractivity contribution in [3.8, 4) is 5.75 Å². The maximum absolute atomic E-state index is 13.3. The first-order chi connectivity index (χ1) is 15.0. The lowest BCUT2D eigenvalue weighted by molar-refractivity contribution is 0.0993. The third-order valence-corrected chi connectivity index (χ3v) is 5.79. The van der Waals surface area contributed by atoms with E-state index in [1.54, 1.807) is 17.0 Å². The lowest BCUT2D eigenvalue weighted by atomic mass is 9.88. The number of carbonyl (C=O) groups is 1. The molecule has 0 unspecified atom stereocenters. The lowest BCUT2D eigenvalue weighted by Gasteiger charge is -2.22. The van der Waals surface area contributed by atoms with Crippen LogP contribution in [-0.2, 0) is 0 Å². The van der Waals surface area contributed by atoms with Crippen LogP contribution >= 0.6 is 0 Å². The number of phenolic OH excluding ortho intramolecular Hbond substituents is 1. The molecule has 1 heterocycles. The van der Waals surface area contributed by atoms with Gasteiger partial charge in [0.2, 0.25) is 0 Å². The Bertz CT molecular complexity index is 1130. The van der Waals surface area contributed by atoms with Crippen LogP contribution < -0.4 is 10.2 Å². The molecule has 1 aliphatic heterocycles. The van der Waals surface area contributed by atoms with Gasteiger partial charge in [-0.3, -0.25) is 4.79 Å². The van der Waals surface area contributed by atoms with Crippen molar-refractivity contribution in [2.75, 3.05) is 25.0 Å². The summed E-state index contributed by atoms with van der Waals surface area (Å²) in [6.45, 7) is 3.90. The number of anilines is 1. The first kappa shape index (κ1) is 20.9. The summed E-state index contributed by atoms with van der Waals surface area (Å²) in [6.07, 6.45) is 1.90. The van der Waals surface area contributed by atoms with E-state index in [1.807, 2.05) is 68.6 Å². The zero-order chi connectivity index (χ0) is 21.8. The van der Waals surface area contributed by atoms with E-state index in [0.717, 1.165) is 53.9 Å². The summed E-state index contributed by atoms with van der Waals surface area (Å²) < 4.78 is 0. The van der Waals surface area contributed by atoms with Crippen LogP contribution in [0.5, 0.6) is 5.75 Å². The molecular formula is C27H28N2O2. The van der Waals surface area contributed by atoms with Crippen molar-refractivity contribution < 1.29 is 9.90 Å². The zero-order valence-electron chi connectivity index (χ0n) is 18.1. The van der Waals surface area contributed by atoms with Gasteiger partial charge in [0.1, 0.15) is 5.75 Å². The maximum atomic E-state index is 13.3. The van der Waals surface area contributed by atoms with Crippen LogP contribution in [0.3, 0.4) is 0 Å². The number of phenols is 1. The molecular weight excluding hydrogens is 384 g/mol. The van der Waals surface area contributed by atoms with Crippen molar-refractivity contribution in [2.24, 2.45) is 0 Å². The highest BCUT2D eigenvalue weighted by Crippen LogP contribution is 2.33. The molecule has 0 atom stereocenters. The molecule has 0 aromatic heterocycles. The Kier molecular flexibility index (Phi) is 6.19. The molecule has 0 saturated carbocycles. The van der Waals surface area contributed by atoms with E-state index in [-0.39, 0.29) is 11.7 Å². The van der Waals surface area contributed by atoms with Crippen molar-refractivity contribution in [3.05, 3.63) is 101 Å². The quantitative estimate of drug-likeness (QED) is 0.622. The molecule has 4 heteroatoms. The molecule has 0 aliphatic carbocycles. The fourth-order valence-electron chi connectivity index (χ4n) is 4.17. The fourth-order valence-corrected chi connectivity index (χ4v) is 4.17. The molecule has 0 radical (unpaired) electrons. The molecule has 0 bridgehead atoms. The average Bonchev–Trinajstić information content (AvgIpc) is 2.79. The number of hydrogen-bond donors (Lipinski definition) is 2. The minimum atomic E-state index is -0.0435. The zero-order valence-corrected chi connectivity index (χ0v) is 18.1. The van der Waals surface area contributed by atoms with Gasteiger partial charge in [0.05, 0.1) is 0 Å². The fraction of sp³-hybridized carbons (Fsp3) is 0.222. The normalized spacial score (nSPS) is 13.7. The molecule has 1 aliphatic rings. The van der Waals surface area contributed by atoms with Crippen molar-refractivity contribution >= 4 is 17.2 Å². The molecule has 3 aromatic rings. The first-order valence-corrected chi connectivity index (χ1v) is 10.7. The molecule has 1 fully saturated rings. The van der Waals surface area contributed by atoms with Crippen molar-refractivity contribution in [1.29, 1.82) is 0 Å². The first-order valence-electron chi connectivity index (χ1n) is 10.7. The van der Waals surface area contributed by atoms with E-state index in [2.05, 4.69) is 11.4 Å². The molecule has 4 rings (SSSR count). The smallest absolute Gasteiger partial charge is 0.258 e. The van der Waals surface area contributed by atoms with Gasteiger partial charge in [0.25, 0.3) is 5.91 Å². The Morgan fingerprint density at radius 1 is 0.871 bits per heavy atom. The van der Waals surface area contributed by atoms with Crippen LogP contribution in [0.4, 0.5) is 5.69 Å². The van der Waals surface area contributed by atoms with Crippen molar-refractivity contribution in [3.63, 3.8) is 0 Å². The van der Waals surface area contributed by atoms with E-state index < -0.39 is 0 Å². The summed E-state index contributed by atoms with van der Waals surface area (Å²) in [5, 5.41) is 13.5. The van der Waals surface area contributed by atoms with Crippen LogP contribution in [0.25, 0.3) is 5.57 Å². The van der Waals surface area contributed by atoms with E-state index in [9.17, 15) is 9.90 Å². The van der Waals surface area contributed by atoms with Crippen LogP contribution in [0.2, 0.25) is 0 Å². The average molecular weight is 413 g/mol. The van der Waals surface area contributed by atoms with Gasteiger partial charge in [-0.1, -0.05) is 42.0 Å². The standard InChI is InChI=1S/C27H28N2O2/c1-19-6-3-10-24(16-19)29(2)27(31)23-9-4-7-21(17-23)26(20-12-14-28-15-13-20)22-8-5-11-25(30)18-22/h3-11,16-18,28,30H,12-15H2,1-2H3. The topological polar surface area (TPSA) is 52.6 Å². The van der Waals surface area contributed by atoms with Gasteiger partial charge in [-0.15, -0.1) is 0 Å². The largest absolute Gasteiger partial charge is 0.508 e. The third kappa shape index (κ3) is 4.70. The third-order valence-electron chi connectivity index (χ3n) is 5.79. The van der Waals surface area contributed by atoms with E-state index >= 15 is 0 Å². The van der Waals surface area contributed by atoms with Gasteiger partial charge in [0.15, 0.2) is 0 Å². The number of benzene rings is 3. The van der Waals surface area contributed by atoms with Gasteiger partial charge in [-0.25, -0.2) is 0 Å². The Morgan fingerprint density at radius 3 is 2.23 bits per heavy atom. The molecule has 1 saturated heterocycles. The highest BCUT2D eigenvalue weighted by molar-refractivity contribution is 6.06. The van der Waals surface area contributed by atoms with Crippen LogP contribution in [0.15, 0.2) is 78.4 Å². The summed E-state index contributed by atoms with van der Waals surface area (Å²) in [7, 11) is 1.81. The summed E-state index contributed by atoms with van der Waals surface area (Å²) in [6, 6.07) is 23.2. The summed E-state index contributed by atoms with van der Waals surface area (Å²) in [5.41, 5.74) is 7.09. The molecule has 3 aromatic carbocycles. The van der Waals surface area contributed by atoms with Gasteiger partial charge in [0, 0.05) is 18.3 Å². The molecule has 158 valence electrons. The molecule has 2 N–H and O–H groups in total. The van der Waals surface area contributed by atoms with E-state index in [4.69, 9.17) is 0 Å². The number of nitrogens with one attached hydrogen (secondary N) is 1. The number of amides is 1. The van der Waals surface area contributed by atoms with E-state index in [1.165, 1.54) is 5.57 Å². The minimum absolute atomic E-state index is 0.0435. The van der Waals surface area contributed by atoms with Crippen LogP contribution in [-0.4, -0.2) is 31.2 Å². The number of aryl methyl sites for hydroxylation is 1. The van der Waals surface area contributed by atoms with Gasteiger partial charge in [-0.2, -0.15) is 0 Å². The second-order valence-corrected chi connectivity index (χ2v) is 8.06. The van der Waals surface area contributed by atoms with Crippen molar-refractivity contribution in [1.82, 2.24) is 5.32 Å². The van der Waals surface area contributed by atoms with Crippen LogP contribution in [0, 0.1) is 6.92 Å². The number of piperidine rings is 1. The van der Waals surface area contributed by atoms with Gasteiger partial charge >= 0.3 is 0 Å². The molecule has 31 heavy (non-hydrogen) atoms. The number of aromatic hydroxyl groups is 1. The lowest BCUT2D eigenvalue weighted by Crippen LogP contribution is -2.26. The molecule has 4 nitrogen and oxygen atoms in total. The Morgan fingerprint density at radius 2 is 1.52 bits per heavy atom. The highest BCUT2D eigenvalue weighted by Gasteiger charge is 2.18. The van der Waals surface area contributed by atoms with Gasteiger partial charge < -0.3 is 15.3 Å².